The van der Waals surface area contributed by atoms with Gasteiger partial charge in [-0.15, -0.1) is 0 Å². The number of carbonyl (C=O) groups excluding carboxylic acids is 3. The van der Waals surface area contributed by atoms with Crippen molar-refractivity contribution in [2.75, 3.05) is 34.4 Å². The van der Waals surface area contributed by atoms with Crippen LogP contribution in [0.3, 0.4) is 0 Å². The third kappa shape index (κ3) is 4.36. The molecule has 1 atom stereocenters. The van der Waals surface area contributed by atoms with Crippen LogP contribution >= 0.6 is 0 Å². The summed E-state index contributed by atoms with van der Waals surface area (Å²) in [6, 6.07) is 8.29. The van der Waals surface area contributed by atoms with E-state index in [2.05, 4.69) is 10.3 Å². The fourth-order valence-electron chi connectivity index (χ4n) is 4.93. The predicted octanol–water partition coefficient (Wildman–Crippen LogP) is 2.47. The number of ether oxygens (including phenoxy) is 3. The number of amides is 4. The SMILES string of the molecule is COc1cccc(CN2C(=O)NC(C)(C3CCN(C(=O)c4cccnc4OC)CC3)C2=O)c1OC. The molecule has 2 fully saturated rings. The molecule has 35 heavy (non-hydrogen) atoms. The summed E-state index contributed by atoms with van der Waals surface area (Å²) < 4.78 is 16.0. The lowest BCUT2D eigenvalue weighted by molar-refractivity contribution is -0.133. The van der Waals surface area contributed by atoms with E-state index < -0.39 is 11.6 Å². The lowest BCUT2D eigenvalue weighted by Gasteiger charge is -2.39. The standard InChI is InChI=1S/C25H30N4O6/c1-25(17-10-13-28(14-11-17)22(30)18-8-6-12-26-21(18)35-4)23(31)29(24(32)27-25)15-16-7-5-9-19(33-2)20(16)34-3/h5-9,12,17H,10-11,13-15H2,1-4H3,(H,27,32). The molecule has 2 aromatic rings. The van der Waals surface area contributed by atoms with Crippen LogP contribution in [-0.2, 0) is 11.3 Å². The van der Waals surface area contributed by atoms with Crippen LogP contribution in [-0.4, -0.2) is 72.6 Å². The summed E-state index contributed by atoms with van der Waals surface area (Å²) in [4.78, 5) is 46.4. The quantitative estimate of drug-likeness (QED) is 0.604. The number of piperidine rings is 1. The van der Waals surface area contributed by atoms with Crippen molar-refractivity contribution in [3.05, 3.63) is 47.7 Å². The molecule has 0 aliphatic carbocycles. The van der Waals surface area contributed by atoms with Gasteiger partial charge in [0.05, 0.1) is 27.9 Å². The van der Waals surface area contributed by atoms with Gasteiger partial charge in [0.15, 0.2) is 11.5 Å². The molecule has 1 aromatic carbocycles. The lowest BCUT2D eigenvalue weighted by atomic mass is 9.78. The minimum atomic E-state index is -1.05. The minimum absolute atomic E-state index is 0.0682. The van der Waals surface area contributed by atoms with Gasteiger partial charge in [-0.2, -0.15) is 0 Å². The Labute approximate surface area is 204 Å². The molecule has 186 valence electrons. The molecule has 0 spiro atoms. The van der Waals surface area contributed by atoms with Gasteiger partial charge in [-0.05, 0) is 43.9 Å². The Kier molecular flexibility index (Phi) is 6.81. The first-order valence-electron chi connectivity index (χ1n) is 11.5. The molecule has 2 aliphatic heterocycles. The van der Waals surface area contributed by atoms with Crippen LogP contribution in [0.1, 0.15) is 35.7 Å². The molecule has 0 saturated carbocycles. The van der Waals surface area contributed by atoms with Crippen molar-refractivity contribution < 1.29 is 28.6 Å². The maximum absolute atomic E-state index is 13.5. The number of nitrogens with one attached hydrogen (secondary N) is 1. The van der Waals surface area contributed by atoms with Gasteiger partial charge in [0, 0.05) is 24.8 Å². The van der Waals surface area contributed by atoms with Crippen LogP contribution in [0.15, 0.2) is 36.5 Å². The van der Waals surface area contributed by atoms with Crippen molar-refractivity contribution in [1.29, 1.82) is 0 Å². The number of benzene rings is 1. The van der Waals surface area contributed by atoms with Gasteiger partial charge in [-0.3, -0.25) is 14.5 Å². The third-order valence-electron chi connectivity index (χ3n) is 6.91. The van der Waals surface area contributed by atoms with E-state index in [1.165, 1.54) is 26.2 Å². The number of hydrogen-bond donors (Lipinski definition) is 1. The number of para-hydroxylation sites is 1. The minimum Gasteiger partial charge on any atom is -0.493 e. The molecule has 2 aliphatic rings. The second-order valence-corrected chi connectivity index (χ2v) is 8.80. The van der Waals surface area contributed by atoms with E-state index in [4.69, 9.17) is 14.2 Å². The second-order valence-electron chi connectivity index (χ2n) is 8.80. The molecule has 0 bridgehead atoms. The molecule has 0 radical (unpaired) electrons. The summed E-state index contributed by atoms with van der Waals surface area (Å²) in [7, 11) is 4.54. The van der Waals surface area contributed by atoms with E-state index in [1.807, 2.05) is 0 Å². The van der Waals surface area contributed by atoms with E-state index in [-0.39, 0.29) is 30.2 Å². The van der Waals surface area contributed by atoms with E-state index in [0.717, 1.165) is 0 Å². The molecular formula is C25H30N4O6. The van der Waals surface area contributed by atoms with Gasteiger partial charge in [0.2, 0.25) is 5.88 Å². The topological polar surface area (TPSA) is 110 Å². The Morgan fingerprint density at radius 3 is 2.49 bits per heavy atom. The first-order valence-corrected chi connectivity index (χ1v) is 11.5. The average Bonchev–Trinajstić information content (AvgIpc) is 3.11. The summed E-state index contributed by atoms with van der Waals surface area (Å²) >= 11 is 0. The third-order valence-corrected chi connectivity index (χ3v) is 6.91. The van der Waals surface area contributed by atoms with Crippen molar-refractivity contribution in [2.24, 2.45) is 5.92 Å². The Bertz CT molecular complexity index is 1130. The van der Waals surface area contributed by atoms with Crippen molar-refractivity contribution >= 4 is 17.8 Å². The van der Waals surface area contributed by atoms with Gasteiger partial charge in [0.1, 0.15) is 11.1 Å². The highest BCUT2D eigenvalue weighted by atomic mass is 16.5. The van der Waals surface area contributed by atoms with Gasteiger partial charge in [-0.25, -0.2) is 9.78 Å². The van der Waals surface area contributed by atoms with E-state index >= 15 is 0 Å². The molecule has 1 N–H and O–H groups in total. The molecule has 3 heterocycles. The predicted molar refractivity (Wildman–Crippen MR) is 126 cm³/mol. The van der Waals surface area contributed by atoms with Crippen LogP contribution in [0.5, 0.6) is 17.4 Å². The van der Waals surface area contributed by atoms with Crippen LogP contribution in [0.4, 0.5) is 4.79 Å². The Hall–Kier alpha value is -3.82. The normalized spacial score (nSPS) is 20.6. The van der Waals surface area contributed by atoms with Gasteiger partial charge < -0.3 is 24.4 Å². The average molecular weight is 483 g/mol. The summed E-state index contributed by atoms with van der Waals surface area (Å²) in [5.41, 5.74) is 0.0263. The maximum Gasteiger partial charge on any atom is 0.325 e. The van der Waals surface area contributed by atoms with Crippen molar-refractivity contribution in [1.82, 2.24) is 20.1 Å². The monoisotopic (exact) mass is 482 g/mol. The maximum atomic E-state index is 13.5. The number of urea groups is 1. The summed E-state index contributed by atoms with van der Waals surface area (Å²) in [6.07, 6.45) is 2.73. The molecule has 4 rings (SSSR count). The number of hydrogen-bond acceptors (Lipinski definition) is 7. The Morgan fingerprint density at radius 2 is 1.83 bits per heavy atom. The fourth-order valence-corrected chi connectivity index (χ4v) is 4.93. The fraction of sp³-hybridized carbons (Fsp3) is 0.440. The molecule has 1 aromatic heterocycles. The number of aromatic nitrogens is 1. The highest BCUT2D eigenvalue weighted by Crippen LogP contribution is 2.37. The van der Waals surface area contributed by atoms with Crippen LogP contribution in [0.2, 0.25) is 0 Å². The Balaban J connectivity index is 1.46. The van der Waals surface area contributed by atoms with E-state index in [9.17, 15) is 14.4 Å². The molecular weight excluding hydrogens is 452 g/mol. The number of rotatable bonds is 7. The zero-order valence-corrected chi connectivity index (χ0v) is 20.4. The summed E-state index contributed by atoms with van der Waals surface area (Å²) in [5.74, 6) is 0.742. The smallest absolute Gasteiger partial charge is 0.325 e. The Morgan fingerprint density at radius 1 is 1.09 bits per heavy atom. The number of imide groups is 1. The first kappa shape index (κ1) is 24.3. The second kappa shape index (κ2) is 9.81. The lowest BCUT2D eigenvalue weighted by Crippen LogP contribution is -2.54. The molecule has 10 nitrogen and oxygen atoms in total. The number of pyridine rings is 1. The first-order chi connectivity index (χ1) is 16.8. The number of nitrogens with zero attached hydrogens (tertiary/aromatic N) is 3. The van der Waals surface area contributed by atoms with E-state index in [0.29, 0.717) is 48.6 Å². The molecule has 2 saturated heterocycles. The van der Waals surface area contributed by atoms with Crippen LogP contribution in [0.25, 0.3) is 0 Å². The number of likely N-dealkylation sites (tertiary alicyclic amines) is 1. The van der Waals surface area contributed by atoms with Crippen molar-refractivity contribution in [3.8, 4) is 17.4 Å². The summed E-state index contributed by atoms with van der Waals surface area (Å²) in [6.45, 7) is 2.76. The summed E-state index contributed by atoms with van der Waals surface area (Å²) in [5, 5.41) is 2.91. The highest BCUT2D eigenvalue weighted by Gasteiger charge is 2.53. The van der Waals surface area contributed by atoms with Crippen molar-refractivity contribution in [3.63, 3.8) is 0 Å². The van der Waals surface area contributed by atoms with Gasteiger partial charge >= 0.3 is 6.03 Å². The van der Waals surface area contributed by atoms with Crippen molar-refractivity contribution in [2.45, 2.75) is 31.8 Å². The highest BCUT2D eigenvalue weighted by molar-refractivity contribution is 6.07. The molecule has 10 heteroatoms. The largest absolute Gasteiger partial charge is 0.493 e. The molecule has 1 unspecified atom stereocenters. The van der Waals surface area contributed by atoms with Crippen LogP contribution < -0.4 is 19.5 Å². The number of methoxy groups -OCH3 is 3. The zero-order valence-electron chi connectivity index (χ0n) is 20.4. The van der Waals surface area contributed by atoms with Crippen LogP contribution in [0, 0.1) is 5.92 Å². The van der Waals surface area contributed by atoms with Gasteiger partial charge in [0.25, 0.3) is 11.8 Å². The molecule has 4 amide bonds. The number of carbonyl (C=O) groups is 3. The zero-order chi connectivity index (χ0) is 25.2. The van der Waals surface area contributed by atoms with E-state index in [1.54, 1.807) is 48.4 Å². The van der Waals surface area contributed by atoms with Gasteiger partial charge in [-0.1, -0.05) is 12.1 Å².